The summed E-state index contributed by atoms with van der Waals surface area (Å²) >= 11 is 0. The van der Waals surface area contributed by atoms with Crippen LogP contribution in [0.2, 0.25) is 0 Å². The van der Waals surface area contributed by atoms with Crippen LogP contribution < -0.4 is 4.72 Å². The zero-order valence-electron chi connectivity index (χ0n) is 13.5. The van der Waals surface area contributed by atoms with Gasteiger partial charge in [-0.25, -0.2) is 8.42 Å². The molecule has 6 heteroatoms. The van der Waals surface area contributed by atoms with Crippen molar-refractivity contribution in [1.29, 1.82) is 0 Å². The average Bonchev–Trinajstić information content (AvgIpc) is 2.51. The van der Waals surface area contributed by atoms with Gasteiger partial charge in [0.1, 0.15) is 0 Å². The Labute approximate surface area is 138 Å². The van der Waals surface area contributed by atoms with E-state index in [1.807, 2.05) is 0 Å². The second-order valence-corrected chi connectivity index (χ2v) is 7.98. The van der Waals surface area contributed by atoms with Crippen molar-refractivity contribution in [1.82, 2.24) is 9.62 Å². The number of carbonyl (C=O) groups excluding carboxylic acids is 1. The lowest BCUT2D eigenvalue weighted by molar-refractivity contribution is 0.0623. The van der Waals surface area contributed by atoms with Crippen molar-refractivity contribution >= 4 is 15.9 Å². The van der Waals surface area contributed by atoms with Crippen molar-refractivity contribution in [3.63, 3.8) is 0 Å². The number of piperidine rings is 1. The molecule has 1 aliphatic heterocycles. The molecular weight excluding hydrogens is 312 g/mol. The minimum atomic E-state index is -3.69. The molecule has 0 aliphatic carbocycles. The number of likely N-dealkylation sites (tertiary alicyclic amines) is 1. The molecule has 1 aliphatic rings. The number of nitrogens with one attached hydrogen (secondary N) is 1. The number of hydrogen-bond acceptors (Lipinski definition) is 3. The third kappa shape index (κ3) is 4.34. The van der Waals surface area contributed by atoms with Crippen molar-refractivity contribution in [2.24, 2.45) is 11.8 Å². The maximum Gasteiger partial charge on any atom is 0.253 e. The van der Waals surface area contributed by atoms with Crippen LogP contribution in [0.15, 0.2) is 29.2 Å². The van der Waals surface area contributed by atoms with Gasteiger partial charge in [-0.15, -0.1) is 6.42 Å². The van der Waals surface area contributed by atoms with Crippen LogP contribution in [-0.2, 0) is 10.0 Å². The number of nitrogens with zero attached hydrogens (tertiary/aromatic N) is 1. The molecule has 1 amide bonds. The number of hydrogen-bond donors (Lipinski definition) is 1. The van der Waals surface area contributed by atoms with Crippen LogP contribution in [0, 0.1) is 24.2 Å². The van der Waals surface area contributed by atoms with Gasteiger partial charge in [0.15, 0.2) is 0 Å². The van der Waals surface area contributed by atoms with E-state index in [-0.39, 0.29) is 17.3 Å². The molecule has 1 N–H and O–H groups in total. The topological polar surface area (TPSA) is 66.5 Å². The van der Waals surface area contributed by atoms with E-state index in [4.69, 9.17) is 6.42 Å². The Morgan fingerprint density at radius 1 is 1.35 bits per heavy atom. The van der Waals surface area contributed by atoms with Crippen LogP contribution in [0.3, 0.4) is 0 Å². The van der Waals surface area contributed by atoms with Gasteiger partial charge in [0.25, 0.3) is 5.91 Å². The van der Waals surface area contributed by atoms with Crippen LogP contribution in [0.5, 0.6) is 0 Å². The molecule has 124 valence electrons. The molecule has 1 heterocycles. The molecule has 1 fully saturated rings. The SMILES string of the molecule is C#CCNS(=O)(=O)c1cccc(C(=O)N2CC(C)CC(C)C2)c1. The smallest absolute Gasteiger partial charge is 0.253 e. The zero-order valence-corrected chi connectivity index (χ0v) is 14.3. The Bertz CT molecular complexity index is 712. The number of sulfonamides is 1. The maximum atomic E-state index is 12.7. The molecule has 1 aromatic carbocycles. The average molecular weight is 334 g/mol. The van der Waals surface area contributed by atoms with E-state index in [1.54, 1.807) is 17.0 Å². The molecular formula is C17H22N2O3S. The van der Waals surface area contributed by atoms with Crippen molar-refractivity contribution in [2.75, 3.05) is 19.6 Å². The first kappa shape index (κ1) is 17.5. The number of amides is 1. The summed E-state index contributed by atoms with van der Waals surface area (Å²) < 4.78 is 26.5. The highest BCUT2D eigenvalue weighted by molar-refractivity contribution is 7.89. The highest BCUT2D eigenvalue weighted by Crippen LogP contribution is 2.23. The fraction of sp³-hybridized carbons (Fsp3) is 0.471. The largest absolute Gasteiger partial charge is 0.338 e. The van der Waals surface area contributed by atoms with Crippen molar-refractivity contribution in [2.45, 2.75) is 25.2 Å². The zero-order chi connectivity index (χ0) is 17.0. The first-order valence-corrected chi connectivity index (χ1v) is 9.14. The summed E-state index contributed by atoms with van der Waals surface area (Å²) in [7, 11) is -3.69. The van der Waals surface area contributed by atoms with Gasteiger partial charge in [0.2, 0.25) is 10.0 Å². The van der Waals surface area contributed by atoms with Crippen LogP contribution in [0.1, 0.15) is 30.6 Å². The Balaban J connectivity index is 2.22. The fourth-order valence-corrected chi connectivity index (χ4v) is 4.01. The summed E-state index contributed by atoms with van der Waals surface area (Å²) in [6, 6.07) is 6.09. The predicted octanol–water partition coefficient (Wildman–Crippen LogP) is 1.72. The second kappa shape index (κ2) is 7.16. The molecule has 1 saturated heterocycles. The Morgan fingerprint density at radius 3 is 2.61 bits per heavy atom. The lowest BCUT2D eigenvalue weighted by Crippen LogP contribution is -2.42. The number of carbonyl (C=O) groups is 1. The molecule has 5 nitrogen and oxygen atoms in total. The molecule has 0 aromatic heterocycles. The van der Waals surface area contributed by atoms with E-state index >= 15 is 0 Å². The Kier molecular flexibility index (Phi) is 5.45. The first-order chi connectivity index (χ1) is 10.8. The predicted molar refractivity (Wildman–Crippen MR) is 89.3 cm³/mol. The van der Waals surface area contributed by atoms with Crippen LogP contribution in [0.25, 0.3) is 0 Å². The summed E-state index contributed by atoms with van der Waals surface area (Å²) in [4.78, 5) is 14.5. The van der Waals surface area contributed by atoms with Gasteiger partial charge < -0.3 is 4.90 Å². The summed E-state index contributed by atoms with van der Waals surface area (Å²) in [5.41, 5.74) is 0.384. The van der Waals surface area contributed by atoms with Crippen molar-refractivity contribution in [3.05, 3.63) is 29.8 Å². The van der Waals surface area contributed by atoms with Gasteiger partial charge in [-0.1, -0.05) is 25.8 Å². The fourth-order valence-electron chi connectivity index (χ4n) is 3.03. The Hall–Kier alpha value is -1.84. The van der Waals surface area contributed by atoms with Crippen LogP contribution in [0.4, 0.5) is 0 Å². The standard InChI is InChI=1S/C17H22N2O3S/c1-4-8-18-23(21,22)16-7-5-6-15(10-16)17(20)19-11-13(2)9-14(3)12-19/h1,5-7,10,13-14,18H,8-9,11-12H2,2-3H3. The lowest BCUT2D eigenvalue weighted by atomic mass is 9.91. The van der Waals surface area contributed by atoms with Gasteiger partial charge in [-0.05, 0) is 36.5 Å². The highest BCUT2D eigenvalue weighted by atomic mass is 32.2. The van der Waals surface area contributed by atoms with E-state index in [9.17, 15) is 13.2 Å². The van der Waals surface area contributed by atoms with Gasteiger partial charge in [-0.3, -0.25) is 4.79 Å². The molecule has 23 heavy (non-hydrogen) atoms. The molecule has 0 bridgehead atoms. The molecule has 0 saturated carbocycles. The summed E-state index contributed by atoms with van der Waals surface area (Å²) in [6.45, 7) is 5.58. The highest BCUT2D eigenvalue weighted by Gasteiger charge is 2.26. The number of rotatable bonds is 4. The maximum absolute atomic E-state index is 12.7. The minimum absolute atomic E-state index is 0.0525. The van der Waals surface area contributed by atoms with E-state index in [1.165, 1.54) is 12.1 Å². The van der Waals surface area contributed by atoms with Crippen molar-refractivity contribution in [3.8, 4) is 12.3 Å². The van der Waals surface area contributed by atoms with Crippen LogP contribution in [-0.4, -0.2) is 38.9 Å². The van der Waals surface area contributed by atoms with E-state index in [2.05, 4.69) is 24.5 Å². The van der Waals surface area contributed by atoms with Crippen LogP contribution >= 0.6 is 0 Å². The van der Waals surface area contributed by atoms with Crippen molar-refractivity contribution < 1.29 is 13.2 Å². The van der Waals surface area contributed by atoms with Gasteiger partial charge in [-0.2, -0.15) is 4.72 Å². The summed E-state index contributed by atoms with van der Waals surface area (Å²) in [6.07, 6.45) is 6.18. The minimum Gasteiger partial charge on any atom is -0.338 e. The molecule has 2 rings (SSSR count). The molecule has 2 atom stereocenters. The number of terminal acetylenes is 1. The monoisotopic (exact) mass is 334 g/mol. The van der Waals surface area contributed by atoms with Gasteiger partial charge >= 0.3 is 0 Å². The second-order valence-electron chi connectivity index (χ2n) is 6.21. The van der Waals surface area contributed by atoms with E-state index in [0.717, 1.165) is 6.42 Å². The normalized spacial score (nSPS) is 21.7. The van der Waals surface area contributed by atoms with E-state index < -0.39 is 10.0 Å². The molecule has 0 spiro atoms. The van der Waals surface area contributed by atoms with Gasteiger partial charge in [0, 0.05) is 18.7 Å². The Morgan fingerprint density at radius 2 is 2.00 bits per heavy atom. The third-order valence-corrected chi connectivity index (χ3v) is 5.31. The number of benzene rings is 1. The molecule has 2 unspecified atom stereocenters. The first-order valence-electron chi connectivity index (χ1n) is 7.66. The molecule has 1 aromatic rings. The summed E-state index contributed by atoms with van der Waals surface area (Å²) in [5.74, 6) is 3.00. The third-order valence-electron chi connectivity index (χ3n) is 3.91. The van der Waals surface area contributed by atoms with E-state index in [0.29, 0.717) is 30.5 Å². The molecule has 0 radical (unpaired) electrons. The lowest BCUT2D eigenvalue weighted by Gasteiger charge is -2.35. The van der Waals surface area contributed by atoms with Gasteiger partial charge in [0.05, 0.1) is 11.4 Å². The summed E-state index contributed by atoms with van der Waals surface area (Å²) in [5, 5.41) is 0. The quantitative estimate of drug-likeness (QED) is 0.853.